The first kappa shape index (κ1) is 28.0. The van der Waals surface area contributed by atoms with E-state index in [2.05, 4.69) is 12.1 Å². The zero-order valence-electron chi connectivity index (χ0n) is 23.6. The predicted octanol–water partition coefficient (Wildman–Crippen LogP) is 6.43. The Kier molecular flexibility index (Phi) is 9.02. The monoisotopic (exact) mass is 545 g/mol. The van der Waals surface area contributed by atoms with E-state index in [1.807, 2.05) is 110 Å². The zero-order valence-corrected chi connectivity index (χ0v) is 23.6. The minimum Gasteiger partial charge on any atom is -0.367 e. The van der Waals surface area contributed by atoms with Crippen LogP contribution in [0.4, 0.5) is 0 Å². The Morgan fingerprint density at radius 1 is 0.854 bits per heavy atom. The number of para-hydroxylation sites is 1. The third kappa shape index (κ3) is 6.61. The van der Waals surface area contributed by atoms with Crippen LogP contribution >= 0.6 is 0 Å². The minimum absolute atomic E-state index is 0.0669. The van der Waals surface area contributed by atoms with Crippen molar-refractivity contribution in [3.8, 4) is 5.69 Å². The SMILES string of the molecule is CCC(c1nc2ccccc2c(=O)n1-c1ccc(C)cc1)N(CCc1ccccc1)C(=O)COCc1ccccc1. The normalized spacial score (nSPS) is 11.9. The number of hydrogen-bond acceptors (Lipinski definition) is 4. The number of rotatable bonds is 11. The van der Waals surface area contributed by atoms with Gasteiger partial charge >= 0.3 is 0 Å². The Bertz CT molecular complexity index is 1650. The molecule has 0 aliphatic rings. The molecule has 0 fully saturated rings. The molecule has 0 saturated carbocycles. The molecule has 6 nitrogen and oxygen atoms in total. The highest BCUT2D eigenvalue weighted by Crippen LogP contribution is 2.27. The Morgan fingerprint density at radius 3 is 2.17 bits per heavy atom. The lowest BCUT2D eigenvalue weighted by molar-refractivity contribution is -0.139. The first-order valence-corrected chi connectivity index (χ1v) is 14.1. The second-order valence-electron chi connectivity index (χ2n) is 10.2. The standard InChI is InChI=1S/C35H35N3O3/c1-3-32(34-36-31-17-11-10-16-30(31)35(40)38(34)29-20-18-26(2)19-21-29)37(23-22-27-12-6-4-7-13-27)33(39)25-41-24-28-14-8-5-9-15-28/h4-21,32H,3,22-25H2,1-2H3. The van der Waals surface area contributed by atoms with Crippen LogP contribution in [0.1, 0.15) is 41.9 Å². The van der Waals surface area contributed by atoms with Crippen molar-refractivity contribution in [2.24, 2.45) is 0 Å². The molecule has 208 valence electrons. The quantitative estimate of drug-likeness (QED) is 0.192. The van der Waals surface area contributed by atoms with Gasteiger partial charge in [0.1, 0.15) is 12.4 Å². The number of amides is 1. The molecule has 41 heavy (non-hydrogen) atoms. The van der Waals surface area contributed by atoms with Crippen molar-refractivity contribution in [2.75, 3.05) is 13.2 Å². The van der Waals surface area contributed by atoms with Crippen molar-refractivity contribution >= 4 is 16.8 Å². The van der Waals surface area contributed by atoms with Crippen molar-refractivity contribution in [1.29, 1.82) is 0 Å². The lowest BCUT2D eigenvalue weighted by Crippen LogP contribution is -2.41. The molecule has 1 unspecified atom stereocenters. The van der Waals surface area contributed by atoms with Gasteiger partial charge in [-0.3, -0.25) is 14.2 Å². The second-order valence-corrected chi connectivity index (χ2v) is 10.2. The number of aromatic nitrogens is 2. The third-order valence-electron chi connectivity index (χ3n) is 7.30. The summed E-state index contributed by atoms with van der Waals surface area (Å²) in [5.74, 6) is 0.408. The fourth-order valence-corrected chi connectivity index (χ4v) is 5.12. The summed E-state index contributed by atoms with van der Waals surface area (Å²) in [4.78, 5) is 34.7. The van der Waals surface area contributed by atoms with E-state index < -0.39 is 6.04 Å². The molecule has 6 heteroatoms. The zero-order chi connectivity index (χ0) is 28.6. The van der Waals surface area contributed by atoms with Crippen molar-refractivity contribution in [3.05, 3.63) is 142 Å². The highest BCUT2D eigenvalue weighted by atomic mass is 16.5. The summed E-state index contributed by atoms with van der Waals surface area (Å²) in [6.07, 6.45) is 1.25. The molecule has 0 N–H and O–H groups in total. The van der Waals surface area contributed by atoms with Gasteiger partial charge < -0.3 is 9.64 Å². The van der Waals surface area contributed by atoms with Crippen molar-refractivity contribution in [2.45, 2.75) is 39.3 Å². The average Bonchev–Trinajstić information content (AvgIpc) is 3.01. The summed E-state index contributed by atoms with van der Waals surface area (Å²) in [5.41, 5.74) is 4.43. The summed E-state index contributed by atoms with van der Waals surface area (Å²) in [7, 11) is 0. The van der Waals surface area contributed by atoms with Crippen LogP contribution in [0.25, 0.3) is 16.6 Å². The van der Waals surface area contributed by atoms with Crippen molar-refractivity contribution in [3.63, 3.8) is 0 Å². The van der Waals surface area contributed by atoms with Crippen LogP contribution in [0, 0.1) is 6.92 Å². The van der Waals surface area contributed by atoms with E-state index in [9.17, 15) is 9.59 Å². The van der Waals surface area contributed by atoms with Crippen LogP contribution in [0.15, 0.2) is 114 Å². The summed E-state index contributed by atoms with van der Waals surface area (Å²) in [6.45, 7) is 4.78. The summed E-state index contributed by atoms with van der Waals surface area (Å²) in [5, 5.41) is 0.542. The molecule has 1 amide bonds. The molecule has 0 saturated heterocycles. The van der Waals surface area contributed by atoms with Crippen LogP contribution in [-0.4, -0.2) is 33.5 Å². The summed E-state index contributed by atoms with van der Waals surface area (Å²) < 4.78 is 7.56. The van der Waals surface area contributed by atoms with Gasteiger partial charge in [-0.25, -0.2) is 4.98 Å². The fourth-order valence-electron chi connectivity index (χ4n) is 5.12. The van der Waals surface area contributed by atoms with Gasteiger partial charge in [-0.05, 0) is 55.2 Å². The van der Waals surface area contributed by atoms with E-state index in [0.717, 1.165) is 22.4 Å². The number of nitrogens with zero attached hydrogens (tertiary/aromatic N) is 3. The smallest absolute Gasteiger partial charge is 0.266 e. The topological polar surface area (TPSA) is 64.4 Å². The van der Waals surface area contributed by atoms with Gasteiger partial charge in [-0.1, -0.05) is 97.4 Å². The van der Waals surface area contributed by atoms with E-state index in [1.165, 1.54) is 0 Å². The van der Waals surface area contributed by atoms with Gasteiger partial charge in [-0.15, -0.1) is 0 Å². The fraction of sp³-hybridized carbons (Fsp3) is 0.229. The molecule has 1 atom stereocenters. The van der Waals surface area contributed by atoms with Crippen molar-refractivity contribution in [1.82, 2.24) is 14.5 Å². The van der Waals surface area contributed by atoms with Gasteiger partial charge in [0.15, 0.2) is 0 Å². The van der Waals surface area contributed by atoms with Gasteiger partial charge in [0.25, 0.3) is 5.56 Å². The molecule has 0 spiro atoms. The number of carbonyl (C=O) groups is 1. The van der Waals surface area contributed by atoms with E-state index in [1.54, 1.807) is 10.6 Å². The maximum atomic E-state index is 14.0. The Balaban J connectivity index is 1.54. The Hall–Kier alpha value is -4.55. The van der Waals surface area contributed by atoms with E-state index in [-0.39, 0.29) is 18.1 Å². The van der Waals surface area contributed by atoms with Crippen LogP contribution < -0.4 is 5.56 Å². The molecule has 1 heterocycles. The first-order valence-electron chi connectivity index (χ1n) is 14.1. The minimum atomic E-state index is -0.440. The van der Waals surface area contributed by atoms with E-state index in [0.29, 0.717) is 42.7 Å². The van der Waals surface area contributed by atoms with Crippen LogP contribution in [-0.2, 0) is 22.6 Å². The molecule has 0 radical (unpaired) electrons. The number of ether oxygens (including phenoxy) is 1. The Morgan fingerprint density at radius 2 is 1.49 bits per heavy atom. The predicted molar refractivity (Wildman–Crippen MR) is 163 cm³/mol. The molecule has 5 rings (SSSR count). The van der Waals surface area contributed by atoms with Gasteiger partial charge in [0.2, 0.25) is 5.91 Å². The Labute approximate surface area is 240 Å². The molecule has 1 aromatic heterocycles. The van der Waals surface area contributed by atoms with Crippen LogP contribution in [0.5, 0.6) is 0 Å². The highest BCUT2D eigenvalue weighted by Gasteiger charge is 2.29. The molecule has 4 aromatic carbocycles. The molecule has 0 aliphatic carbocycles. The van der Waals surface area contributed by atoms with Crippen LogP contribution in [0.2, 0.25) is 0 Å². The van der Waals surface area contributed by atoms with Gasteiger partial charge in [-0.2, -0.15) is 0 Å². The highest BCUT2D eigenvalue weighted by molar-refractivity contribution is 5.79. The molecule has 0 aliphatic heterocycles. The number of hydrogen-bond donors (Lipinski definition) is 0. The first-order chi connectivity index (χ1) is 20.0. The van der Waals surface area contributed by atoms with E-state index >= 15 is 0 Å². The molecular weight excluding hydrogens is 510 g/mol. The number of carbonyl (C=O) groups excluding carboxylic acids is 1. The number of aryl methyl sites for hydroxylation is 1. The van der Waals surface area contributed by atoms with E-state index in [4.69, 9.17) is 9.72 Å². The molecule has 0 bridgehead atoms. The van der Waals surface area contributed by atoms with Gasteiger partial charge in [0, 0.05) is 6.54 Å². The lowest BCUT2D eigenvalue weighted by atomic mass is 10.1. The third-order valence-corrected chi connectivity index (χ3v) is 7.30. The average molecular weight is 546 g/mol. The van der Waals surface area contributed by atoms with Crippen molar-refractivity contribution < 1.29 is 9.53 Å². The van der Waals surface area contributed by atoms with Gasteiger partial charge in [0.05, 0.1) is 29.2 Å². The lowest BCUT2D eigenvalue weighted by Gasteiger charge is -2.32. The summed E-state index contributed by atoms with van der Waals surface area (Å²) >= 11 is 0. The maximum Gasteiger partial charge on any atom is 0.266 e. The van der Waals surface area contributed by atoms with Crippen LogP contribution in [0.3, 0.4) is 0 Å². The molecular formula is C35H35N3O3. The largest absolute Gasteiger partial charge is 0.367 e. The number of fused-ring (bicyclic) bond motifs is 1. The molecule has 5 aromatic rings. The second kappa shape index (κ2) is 13.2. The summed E-state index contributed by atoms with van der Waals surface area (Å²) in [6, 6.07) is 34.7. The number of benzene rings is 4. The maximum absolute atomic E-state index is 14.0.